The normalized spacial score (nSPS) is 17.3. The number of aliphatic hydroxyl groups excluding tert-OH is 1. The maximum absolute atomic E-state index is 13.3. The third-order valence-corrected chi connectivity index (χ3v) is 6.35. The van der Waals surface area contributed by atoms with Crippen LogP contribution in [-0.4, -0.2) is 35.9 Å². The Morgan fingerprint density at radius 2 is 1.79 bits per heavy atom. The highest BCUT2D eigenvalue weighted by Crippen LogP contribution is 2.47. The van der Waals surface area contributed by atoms with E-state index in [1.54, 1.807) is 24.3 Å². The Labute approximate surface area is 206 Å². The predicted octanol–water partition coefficient (Wildman–Crippen LogP) is 5.53. The first kappa shape index (κ1) is 23.7. The van der Waals surface area contributed by atoms with E-state index in [1.165, 1.54) is 31.4 Å². The van der Waals surface area contributed by atoms with Crippen molar-refractivity contribution in [3.8, 4) is 11.5 Å². The van der Waals surface area contributed by atoms with Gasteiger partial charge in [-0.3, -0.25) is 9.59 Å². The molecule has 0 bridgehead atoms. The van der Waals surface area contributed by atoms with Crippen molar-refractivity contribution < 1.29 is 28.6 Å². The molecule has 0 aliphatic carbocycles. The number of methoxy groups -OCH3 is 2. The number of likely N-dealkylation sites (tertiary alicyclic amines) is 1. The molecule has 1 fully saturated rings. The summed E-state index contributed by atoms with van der Waals surface area (Å²) in [5, 5.41) is 11.5. The van der Waals surface area contributed by atoms with Crippen molar-refractivity contribution in [1.29, 1.82) is 0 Å². The van der Waals surface area contributed by atoms with E-state index in [1.807, 2.05) is 19.1 Å². The first-order valence-corrected chi connectivity index (χ1v) is 11.0. The molecule has 3 aromatic rings. The lowest BCUT2D eigenvalue weighted by molar-refractivity contribution is -0.140. The Balaban J connectivity index is 1.97. The van der Waals surface area contributed by atoms with Gasteiger partial charge in [0.25, 0.3) is 11.7 Å². The largest absolute Gasteiger partial charge is 0.507 e. The van der Waals surface area contributed by atoms with Gasteiger partial charge in [-0.25, -0.2) is 0 Å². The second-order valence-electron chi connectivity index (χ2n) is 7.65. The molecule has 0 radical (unpaired) electrons. The van der Waals surface area contributed by atoms with Gasteiger partial charge >= 0.3 is 0 Å². The lowest BCUT2D eigenvalue weighted by Crippen LogP contribution is -2.29. The van der Waals surface area contributed by atoms with Gasteiger partial charge in [-0.05, 0) is 36.2 Å². The van der Waals surface area contributed by atoms with Crippen LogP contribution in [0.4, 0.5) is 0 Å². The van der Waals surface area contributed by atoms with Crippen LogP contribution in [0.2, 0.25) is 10.0 Å². The van der Waals surface area contributed by atoms with E-state index in [0.29, 0.717) is 11.3 Å². The highest BCUT2D eigenvalue weighted by atomic mass is 35.5. The molecular formula is C25H21Cl2NO6. The van der Waals surface area contributed by atoms with E-state index in [2.05, 4.69) is 0 Å². The Morgan fingerprint density at radius 1 is 1.09 bits per heavy atom. The van der Waals surface area contributed by atoms with Gasteiger partial charge in [0.15, 0.2) is 11.5 Å². The Morgan fingerprint density at radius 3 is 2.41 bits per heavy atom. The average molecular weight is 502 g/mol. The summed E-state index contributed by atoms with van der Waals surface area (Å²) < 4.78 is 16.0. The molecule has 1 N–H and O–H groups in total. The molecule has 1 aliphatic heterocycles. The molecular weight excluding hydrogens is 481 g/mol. The van der Waals surface area contributed by atoms with Crippen molar-refractivity contribution in [3.05, 3.63) is 86.8 Å². The average Bonchev–Trinajstić information content (AvgIpc) is 3.41. The first-order chi connectivity index (χ1) is 16.3. The van der Waals surface area contributed by atoms with Gasteiger partial charge in [0.05, 0.1) is 49.2 Å². The quantitative estimate of drug-likeness (QED) is 0.271. The monoisotopic (exact) mass is 501 g/mol. The second-order valence-corrected chi connectivity index (χ2v) is 8.43. The fourth-order valence-electron chi connectivity index (χ4n) is 4.12. The van der Waals surface area contributed by atoms with E-state index in [-0.39, 0.29) is 39.2 Å². The SMILES string of the molecule is COc1c(Cl)cc(/C(O)=C2\C(=O)C(=O)N(Cc3ccco3)C2c2ccccc2C)c(OC)c1Cl. The molecule has 0 spiro atoms. The molecule has 2 heterocycles. The number of aryl methyl sites for hydroxylation is 1. The van der Waals surface area contributed by atoms with Crippen LogP contribution in [0.5, 0.6) is 11.5 Å². The van der Waals surface area contributed by atoms with Crippen molar-refractivity contribution in [2.24, 2.45) is 0 Å². The summed E-state index contributed by atoms with van der Waals surface area (Å²) in [4.78, 5) is 27.8. The molecule has 0 saturated carbocycles. The minimum atomic E-state index is -0.879. The zero-order chi connectivity index (χ0) is 24.6. The lowest BCUT2D eigenvalue weighted by Gasteiger charge is -2.26. The third-order valence-electron chi connectivity index (χ3n) is 5.72. The van der Waals surface area contributed by atoms with Gasteiger partial charge in [0.2, 0.25) is 0 Å². The predicted molar refractivity (Wildman–Crippen MR) is 127 cm³/mol. The van der Waals surface area contributed by atoms with Crippen LogP contribution in [-0.2, 0) is 16.1 Å². The van der Waals surface area contributed by atoms with Crippen LogP contribution in [0.3, 0.4) is 0 Å². The van der Waals surface area contributed by atoms with Gasteiger partial charge in [0, 0.05) is 0 Å². The van der Waals surface area contributed by atoms with Gasteiger partial charge in [-0.2, -0.15) is 0 Å². The summed E-state index contributed by atoms with van der Waals surface area (Å²) in [6, 6.07) is 11.2. The van der Waals surface area contributed by atoms with Crippen molar-refractivity contribution >= 4 is 40.7 Å². The molecule has 1 atom stereocenters. The van der Waals surface area contributed by atoms with Crippen molar-refractivity contribution in [2.45, 2.75) is 19.5 Å². The highest BCUT2D eigenvalue weighted by molar-refractivity contribution is 6.47. The molecule has 2 aromatic carbocycles. The first-order valence-electron chi connectivity index (χ1n) is 10.3. The molecule has 1 saturated heterocycles. The van der Waals surface area contributed by atoms with E-state index in [0.717, 1.165) is 5.56 Å². The third kappa shape index (κ3) is 3.91. The number of amides is 1. The molecule has 9 heteroatoms. The summed E-state index contributed by atoms with van der Waals surface area (Å²) in [5.41, 5.74) is 1.47. The summed E-state index contributed by atoms with van der Waals surface area (Å²) in [7, 11) is 2.75. The molecule has 34 heavy (non-hydrogen) atoms. The Hall–Kier alpha value is -3.42. The standard InChI is InChI=1S/C25H21Cl2NO6/c1-13-7-4-5-9-15(13)20-18(22(30)25(31)28(20)12-14-8-6-10-34-14)21(29)16-11-17(26)24(33-3)19(27)23(16)32-2/h4-11,20,29H,12H2,1-3H3/b21-18+. The number of hydrogen-bond acceptors (Lipinski definition) is 6. The number of halogens is 2. The number of ketones is 1. The van der Waals surface area contributed by atoms with Gasteiger partial charge in [-0.15, -0.1) is 0 Å². The number of hydrogen-bond donors (Lipinski definition) is 1. The number of aliphatic hydroxyl groups is 1. The number of benzene rings is 2. The van der Waals surface area contributed by atoms with Crippen LogP contribution < -0.4 is 9.47 Å². The fourth-order valence-corrected chi connectivity index (χ4v) is 4.81. The fraction of sp³-hybridized carbons (Fsp3) is 0.200. The number of rotatable bonds is 6. The minimum Gasteiger partial charge on any atom is -0.507 e. The smallest absolute Gasteiger partial charge is 0.296 e. The van der Waals surface area contributed by atoms with Crippen LogP contribution in [0, 0.1) is 6.92 Å². The Bertz CT molecular complexity index is 1300. The molecule has 1 aromatic heterocycles. The van der Waals surface area contributed by atoms with Crippen LogP contribution in [0.15, 0.2) is 58.7 Å². The van der Waals surface area contributed by atoms with Crippen LogP contribution in [0.1, 0.15) is 28.5 Å². The van der Waals surface area contributed by atoms with Gasteiger partial charge < -0.3 is 23.9 Å². The number of carbonyl (C=O) groups excluding carboxylic acids is 2. The van der Waals surface area contributed by atoms with Crippen molar-refractivity contribution in [1.82, 2.24) is 4.90 Å². The summed E-state index contributed by atoms with van der Waals surface area (Å²) in [6.07, 6.45) is 1.49. The zero-order valence-electron chi connectivity index (χ0n) is 18.6. The van der Waals surface area contributed by atoms with E-state index >= 15 is 0 Å². The van der Waals surface area contributed by atoms with Gasteiger partial charge in [-0.1, -0.05) is 47.5 Å². The molecule has 1 unspecified atom stereocenters. The van der Waals surface area contributed by atoms with Gasteiger partial charge in [0.1, 0.15) is 16.5 Å². The Kier molecular flexibility index (Phi) is 6.59. The number of ether oxygens (including phenoxy) is 2. The van der Waals surface area contributed by atoms with Crippen LogP contribution in [0.25, 0.3) is 5.76 Å². The number of nitrogens with zero attached hydrogens (tertiary/aromatic N) is 1. The number of carbonyl (C=O) groups is 2. The minimum absolute atomic E-state index is 0.0244. The molecule has 1 aliphatic rings. The van der Waals surface area contributed by atoms with E-state index in [9.17, 15) is 14.7 Å². The molecule has 4 rings (SSSR count). The van der Waals surface area contributed by atoms with E-state index in [4.69, 9.17) is 37.1 Å². The molecule has 1 amide bonds. The topological polar surface area (TPSA) is 89.2 Å². The van der Waals surface area contributed by atoms with Crippen LogP contribution >= 0.6 is 23.2 Å². The summed E-state index contributed by atoms with van der Waals surface area (Å²) >= 11 is 12.7. The maximum atomic E-state index is 13.3. The highest BCUT2D eigenvalue weighted by Gasteiger charge is 2.47. The van der Waals surface area contributed by atoms with E-state index < -0.39 is 23.5 Å². The van der Waals surface area contributed by atoms with Crippen molar-refractivity contribution in [3.63, 3.8) is 0 Å². The molecule has 176 valence electrons. The summed E-state index contributed by atoms with van der Waals surface area (Å²) in [5.74, 6) is -1.37. The van der Waals surface area contributed by atoms with Crippen molar-refractivity contribution in [2.75, 3.05) is 14.2 Å². The lowest BCUT2D eigenvalue weighted by atomic mass is 9.92. The second kappa shape index (κ2) is 9.44. The maximum Gasteiger partial charge on any atom is 0.296 e. The zero-order valence-corrected chi connectivity index (χ0v) is 20.1. The number of furan rings is 1. The number of Topliss-reactive ketones (excluding diaryl/α,β-unsaturated/α-hetero) is 1. The molecule has 7 nitrogen and oxygen atoms in total. The summed E-state index contributed by atoms with van der Waals surface area (Å²) in [6.45, 7) is 1.90.